The van der Waals surface area contributed by atoms with Crippen molar-refractivity contribution in [2.45, 2.75) is 64.5 Å². The number of nitrogens with zero attached hydrogens (tertiary/aromatic N) is 2. The minimum atomic E-state index is -3.02. The summed E-state index contributed by atoms with van der Waals surface area (Å²) in [5, 5.41) is 0. The zero-order chi connectivity index (χ0) is 28.6. The summed E-state index contributed by atoms with van der Waals surface area (Å²) in [7, 11) is 1.32. The topological polar surface area (TPSA) is 42.0 Å². The van der Waals surface area contributed by atoms with Crippen LogP contribution >= 0.6 is 0 Å². The summed E-state index contributed by atoms with van der Waals surface area (Å²) < 4.78 is 63.1. The Kier molecular flexibility index (Phi) is 10.5. The van der Waals surface area contributed by atoms with Crippen molar-refractivity contribution in [1.82, 2.24) is 9.80 Å². The Balaban J connectivity index is 1.57. The molecule has 0 unspecified atom stereocenters. The minimum Gasteiger partial charge on any atom is -0.493 e. The Morgan fingerprint density at radius 2 is 1.82 bits per heavy atom. The van der Waals surface area contributed by atoms with Gasteiger partial charge < -0.3 is 14.4 Å². The molecule has 1 atom stereocenters. The van der Waals surface area contributed by atoms with Gasteiger partial charge >= 0.3 is 6.61 Å². The number of methoxy groups -OCH3 is 1. The van der Waals surface area contributed by atoms with Crippen molar-refractivity contribution in [1.29, 1.82) is 0 Å². The third-order valence-electron chi connectivity index (χ3n) is 7.87. The number of rotatable bonds is 11. The average molecular weight is 563 g/mol. The summed E-state index contributed by atoms with van der Waals surface area (Å²) in [6, 6.07) is 7.74. The van der Waals surface area contributed by atoms with E-state index in [0.29, 0.717) is 12.5 Å². The van der Waals surface area contributed by atoms with Crippen LogP contribution in [0.2, 0.25) is 0 Å². The van der Waals surface area contributed by atoms with E-state index in [1.807, 2.05) is 0 Å². The van der Waals surface area contributed by atoms with Crippen LogP contribution in [0, 0.1) is 17.6 Å². The van der Waals surface area contributed by atoms with Gasteiger partial charge in [-0.3, -0.25) is 9.69 Å². The van der Waals surface area contributed by atoms with Gasteiger partial charge in [0, 0.05) is 42.9 Å². The lowest BCUT2D eigenvalue weighted by Gasteiger charge is -2.34. The number of carbonyl (C=O) groups excluding carboxylic acids is 1. The molecule has 0 N–H and O–H groups in total. The predicted octanol–water partition coefficient (Wildman–Crippen LogP) is 7.17. The zero-order valence-electron chi connectivity index (χ0n) is 23.2. The first-order valence-electron chi connectivity index (χ1n) is 14.0. The smallest absolute Gasteiger partial charge is 0.387 e. The highest BCUT2D eigenvalue weighted by Crippen LogP contribution is 2.31. The van der Waals surface area contributed by atoms with Crippen molar-refractivity contribution in [3.8, 4) is 11.5 Å². The van der Waals surface area contributed by atoms with E-state index in [4.69, 9.17) is 4.74 Å². The van der Waals surface area contributed by atoms with E-state index in [9.17, 15) is 22.4 Å². The molecule has 1 aliphatic heterocycles. The van der Waals surface area contributed by atoms with E-state index in [1.54, 1.807) is 17.9 Å². The molecule has 1 amide bonds. The van der Waals surface area contributed by atoms with Gasteiger partial charge in [-0.05, 0) is 75.4 Å². The van der Waals surface area contributed by atoms with Gasteiger partial charge in [0.2, 0.25) is 0 Å². The highest BCUT2D eigenvalue weighted by Gasteiger charge is 2.31. The number of hydrogen-bond donors (Lipinski definition) is 0. The second kappa shape index (κ2) is 14.0. The summed E-state index contributed by atoms with van der Waals surface area (Å²) >= 11 is 0. The van der Waals surface area contributed by atoms with Gasteiger partial charge in [0.25, 0.3) is 5.91 Å². The van der Waals surface area contributed by atoms with Crippen molar-refractivity contribution in [2.24, 2.45) is 5.92 Å². The van der Waals surface area contributed by atoms with Crippen molar-refractivity contribution in [3.63, 3.8) is 0 Å². The molecule has 0 radical (unpaired) electrons. The van der Waals surface area contributed by atoms with Crippen LogP contribution < -0.4 is 9.47 Å². The lowest BCUT2D eigenvalue weighted by molar-refractivity contribution is -0.0512. The number of halogens is 4. The first-order chi connectivity index (χ1) is 19.2. The maximum absolute atomic E-state index is 14.3. The number of carbonyl (C=O) groups is 1. The highest BCUT2D eigenvalue weighted by atomic mass is 19.3. The van der Waals surface area contributed by atoms with Crippen molar-refractivity contribution < 1.29 is 31.8 Å². The second-order valence-corrected chi connectivity index (χ2v) is 10.9. The van der Waals surface area contributed by atoms with Crippen molar-refractivity contribution >= 4 is 12.0 Å². The van der Waals surface area contributed by atoms with Crippen molar-refractivity contribution in [2.75, 3.05) is 33.3 Å². The Bertz CT molecular complexity index is 1180. The SMILES string of the molecule is COc1cc(C(=O)N(C/C(C)=C/c2ccc(F)cc2F)C[C@@H]2CCCN2CC2CCCCC2)ccc1OC(F)F. The average Bonchev–Trinajstić information content (AvgIpc) is 3.36. The van der Waals surface area contributed by atoms with E-state index in [2.05, 4.69) is 9.64 Å². The van der Waals surface area contributed by atoms with E-state index < -0.39 is 18.2 Å². The number of hydrogen-bond acceptors (Lipinski definition) is 4. The van der Waals surface area contributed by atoms with Gasteiger partial charge in [-0.1, -0.05) is 30.9 Å². The molecular weight excluding hydrogens is 524 g/mol. The van der Waals surface area contributed by atoms with Gasteiger partial charge in [-0.25, -0.2) is 8.78 Å². The Hall–Kier alpha value is -3.07. The molecule has 2 aliphatic rings. The van der Waals surface area contributed by atoms with Crippen LogP contribution in [0.15, 0.2) is 42.0 Å². The Labute approximate surface area is 233 Å². The van der Waals surface area contributed by atoms with Crippen LogP contribution in [-0.4, -0.2) is 61.6 Å². The lowest BCUT2D eigenvalue weighted by atomic mass is 9.89. The summed E-state index contributed by atoms with van der Waals surface area (Å²) in [5.74, 6) is -1.07. The molecule has 1 saturated heterocycles. The van der Waals surface area contributed by atoms with Gasteiger partial charge in [0.1, 0.15) is 11.6 Å². The van der Waals surface area contributed by atoms with Crippen LogP contribution in [0.4, 0.5) is 17.6 Å². The fourth-order valence-electron chi connectivity index (χ4n) is 5.92. The number of ether oxygens (including phenoxy) is 2. The first-order valence-corrected chi connectivity index (χ1v) is 14.0. The monoisotopic (exact) mass is 562 g/mol. The van der Waals surface area contributed by atoms with Crippen LogP contribution in [0.5, 0.6) is 11.5 Å². The van der Waals surface area contributed by atoms with Gasteiger partial charge in [-0.15, -0.1) is 0 Å². The summed E-state index contributed by atoms with van der Waals surface area (Å²) in [4.78, 5) is 18.1. The van der Waals surface area contributed by atoms with Gasteiger partial charge in [0.15, 0.2) is 11.5 Å². The summed E-state index contributed by atoms with van der Waals surface area (Å²) in [6.07, 6.45) is 9.96. The van der Waals surface area contributed by atoms with Crippen LogP contribution in [0.3, 0.4) is 0 Å². The number of amides is 1. The Morgan fingerprint density at radius 3 is 2.52 bits per heavy atom. The number of likely N-dealkylation sites (tertiary alicyclic amines) is 1. The molecular formula is C31H38F4N2O3. The molecule has 218 valence electrons. The molecule has 2 aromatic carbocycles. The molecule has 40 heavy (non-hydrogen) atoms. The van der Waals surface area contributed by atoms with Crippen LogP contribution in [0.1, 0.15) is 67.8 Å². The molecule has 2 aromatic rings. The van der Waals surface area contributed by atoms with Crippen molar-refractivity contribution in [3.05, 3.63) is 64.7 Å². The highest BCUT2D eigenvalue weighted by molar-refractivity contribution is 5.95. The molecule has 9 heteroatoms. The number of alkyl halides is 2. The van der Waals surface area contributed by atoms with E-state index in [1.165, 1.54) is 69.5 Å². The lowest BCUT2D eigenvalue weighted by Crippen LogP contribution is -2.45. The molecule has 5 nitrogen and oxygen atoms in total. The van der Waals surface area contributed by atoms with Gasteiger partial charge in [-0.2, -0.15) is 8.78 Å². The molecule has 1 saturated carbocycles. The van der Waals surface area contributed by atoms with E-state index >= 15 is 0 Å². The molecule has 2 fully saturated rings. The van der Waals surface area contributed by atoms with E-state index in [0.717, 1.165) is 37.6 Å². The molecule has 1 heterocycles. The fourth-order valence-corrected chi connectivity index (χ4v) is 5.92. The molecule has 0 spiro atoms. The second-order valence-electron chi connectivity index (χ2n) is 10.9. The summed E-state index contributed by atoms with van der Waals surface area (Å²) in [5.41, 5.74) is 1.23. The maximum atomic E-state index is 14.3. The maximum Gasteiger partial charge on any atom is 0.387 e. The molecule has 1 aliphatic carbocycles. The Morgan fingerprint density at radius 1 is 1.05 bits per heavy atom. The van der Waals surface area contributed by atoms with Crippen LogP contribution in [0.25, 0.3) is 6.08 Å². The van der Waals surface area contributed by atoms with E-state index in [-0.39, 0.29) is 41.1 Å². The third-order valence-corrected chi connectivity index (χ3v) is 7.87. The van der Waals surface area contributed by atoms with Crippen LogP contribution in [-0.2, 0) is 0 Å². The quantitative estimate of drug-likeness (QED) is 0.273. The predicted molar refractivity (Wildman–Crippen MR) is 147 cm³/mol. The molecule has 0 bridgehead atoms. The fraction of sp³-hybridized carbons (Fsp3) is 0.516. The minimum absolute atomic E-state index is 0.0338. The molecule has 4 rings (SSSR count). The largest absolute Gasteiger partial charge is 0.493 e. The normalized spacial score (nSPS) is 18.8. The molecule has 0 aromatic heterocycles. The number of benzene rings is 2. The third kappa shape index (κ3) is 7.99. The standard InChI is InChI=1S/C31H38F4N2O3/c1-21(15-23-10-12-25(32)17-27(23)33)18-37(20-26-9-6-14-36(26)19-22-7-4-3-5-8-22)30(38)24-11-13-28(40-31(34)35)29(16-24)39-2/h10-13,15-17,22,26,31H,3-9,14,18-20H2,1-2H3/b21-15+/t26-/m0/s1. The summed E-state index contributed by atoms with van der Waals surface area (Å²) in [6.45, 7) is 1.49. The first kappa shape index (κ1) is 29.9. The zero-order valence-corrected chi connectivity index (χ0v) is 23.2. The van der Waals surface area contributed by atoms with Gasteiger partial charge in [0.05, 0.1) is 7.11 Å².